The summed E-state index contributed by atoms with van der Waals surface area (Å²) < 4.78 is 12.1. The van der Waals surface area contributed by atoms with E-state index in [0.29, 0.717) is 37.9 Å². The molecule has 0 fully saturated rings. The summed E-state index contributed by atoms with van der Waals surface area (Å²) in [4.78, 5) is 18.1. The molecule has 0 saturated heterocycles. The molecular weight excluding hydrogens is 376 g/mol. The lowest BCUT2D eigenvalue weighted by atomic mass is 9.83. The van der Waals surface area contributed by atoms with Crippen LogP contribution in [-0.4, -0.2) is 29.7 Å². The van der Waals surface area contributed by atoms with Crippen molar-refractivity contribution in [3.63, 3.8) is 0 Å². The van der Waals surface area contributed by atoms with Crippen LogP contribution in [0.5, 0.6) is 5.75 Å². The van der Waals surface area contributed by atoms with Gasteiger partial charge in [-0.05, 0) is 61.8 Å². The van der Waals surface area contributed by atoms with Crippen LogP contribution in [0.4, 0.5) is 5.69 Å². The second-order valence-electron chi connectivity index (χ2n) is 8.85. The van der Waals surface area contributed by atoms with E-state index in [1.54, 1.807) is 6.20 Å². The molecule has 2 aromatic rings. The van der Waals surface area contributed by atoms with Gasteiger partial charge in [0.25, 0.3) is 5.91 Å². The van der Waals surface area contributed by atoms with Gasteiger partial charge in [0.05, 0.1) is 12.3 Å². The van der Waals surface area contributed by atoms with Gasteiger partial charge in [-0.3, -0.25) is 9.78 Å². The number of carbonyl (C=O) groups is 1. The van der Waals surface area contributed by atoms with Crippen molar-refractivity contribution in [2.24, 2.45) is 11.8 Å². The molecule has 0 unspecified atom stereocenters. The van der Waals surface area contributed by atoms with Crippen LogP contribution in [0.15, 0.2) is 30.5 Å². The smallest absolute Gasteiger partial charge is 0.256 e. The van der Waals surface area contributed by atoms with E-state index in [1.807, 2.05) is 24.3 Å². The second-order valence-corrected chi connectivity index (χ2v) is 8.85. The molecule has 1 heterocycles. The zero-order chi connectivity index (χ0) is 22.1. The summed E-state index contributed by atoms with van der Waals surface area (Å²) in [5, 5.41) is 4.04. The highest BCUT2D eigenvalue weighted by atomic mass is 16.5. The average Bonchev–Trinajstić information content (AvgIpc) is 2.70. The van der Waals surface area contributed by atoms with Crippen LogP contribution < -0.4 is 10.1 Å². The number of nitrogens with one attached hydrogen (secondary N) is 1. The molecule has 5 nitrogen and oxygen atoms in total. The SMILES string of the molecule is CCCOc1ccc(NC(=O)C(CC(C)C)(CC(C)C)OCCC)c2cccnc12. The first-order chi connectivity index (χ1) is 14.3. The molecule has 1 aromatic carbocycles. The first-order valence-electron chi connectivity index (χ1n) is 11.3. The molecule has 0 saturated carbocycles. The van der Waals surface area contributed by atoms with E-state index in [9.17, 15) is 4.79 Å². The second kappa shape index (κ2) is 11.3. The highest BCUT2D eigenvalue weighted by Crippen LogP contribution is 2.34. The van der Waals surface area contributed by atoms with Gasteiger partial charge >= 0.3 is 0 Å². The van der Waals surface area contributed by atoms with Crippen LogP contribution in [-0.2, 0) is 9.53 Å². The topological polar surface area (TPSA) is 60.5 Å². The Hall–Kier alpha value is -2.14. The number of benzene rings is 1. The molecule has 166 valence electrons. The zero-order valence-electron chi connectivity index (χ0n) is 19.5. The quantitative estimate of drug-likeness (QED) is 0.448. The Morgan fingerprint density at radius 2 is 1.70 bits per heavy atom. The van der Waals surface area contributed by atoms with Crippen LogP contribution >= 0.6 is 0 Å². The first-order valence-corrected chi connectivity index (χ1v) is 11.3. The fourth-order valence-corrected chi connectivity index (χ4v) is 3.89. The third kappa shape index (κ3) is 6.18. The summed E-state index contributed by atoms with van der Waals surface area (Å²) in [5.41, 5.74) is 0.657. The van der Waals surface area contributed by atoms with Gasteiger partial charge in [-0.15, -0.1) is 0 Å². The Labute approximate surface area is 181 Å². The highest BCUT2D eigenvalue weighted by Gasteiger charge is 2.40. The molecular formula is C25H38N2O3. The van der Waals surface area contributed by atoms with Gasteiger partial charge in [0.1, 0.15) is 16.9 Å². The maximum atomic E-state index is 13.6. The summed E-state index contributed by atoms with van der Waals surface area (Å²) in [6, 6.07) is 7.64. The maximum Gasteiger partial charge on any atom is 0.256 e. The third-order valence-corrected chi connectivity index (χ3v) is 4.91. The van der Waals surface area contributed by atoms with Crippen molar-refractivity contribution in [1.82, 2.24) is 4.98 Å². The number of pyridine rings is 1. The number of ether oxygens (including phenoxy) is 2. The molecule has 30 heavy (non-hydrogen) atoms. The predicted molar refractivity (Wildman–Crippen MR) is 124 cm³/mol. The lowest BCUT2D eigenvalue weighted by molar-refractivity contribution is -0.147. The van der Waals surface area contributed by atoms with Crippen LogP contribution in [0.1, 0.15) is 67.2 Å². The molecule has 0 spiro atoms. The van der Waals surface area contributed by atoms with Crippen LogP contribution in [0.3, 0.4) is 0 Å². The summed E-state index contributed by atoms with van der Waals surface area (Å²) in [6.45, 7) is 13.9. The zero-order valence-corrected chi connectivity index (χ0v) is 19.5. The summed E-state index contributed by atoms with van der Waals surface area (Å²) >= 11 is 0. The van der Waals surface area contributed by atoms with Crippen molar-refractivity contribution in [2.45, 2.75) is 72.8 Å². The minimum Gasteiger partial charge on any atom is -0.491 e. The molecule has 1 aromatic heterocycles. The number of fused-ring (bicyclic) bond motifs is 1. The van der Waals surface area contributed by atoms with Crippen molar-refractivity contribution in [3.05, 3.63) is 30.5 Å². The minimum atomic E-state index is -0.843. The molecule has 2 rings (SSSR count). The lowest BCUT2D eigenvalue weighted by Crippen LogP contribution is -2.48. The van der Waals surface area contributed by atoms with Gasteiger partial charge < -0.3 is 14.8 Å². The monoisotopic (exact) mass is 414 g/mol. The number of anilines is 1. The minimum absolute atomic E-state index is 0.0780. The molecule has 1 amide bonds. The third-order valence-electron chi connectivity index (χ3n) is 4.91. The van der Waals surface area contributed by atoms with E-state index < -0.39 is 5.60 Å². The lowest BCUT2D eigenvalue weighted by Gasteiger charge is -2.35. The fraction of sp³-hybridized carbons (Fsp3) is 0.600. The standard InChI is InChI=1S/C25H38N2O3/c1-7-14-29-22-12-11-21(20-10-9-13-26-23(20)22)27-24(28)25(16-18(3)4,17-19(5)6)30-15-8-2/h9-13,18-19H,7-8,14-17H2,1-6H3,(H,27,28). The van der Waals surface area contributed by atoms with Crippen molar-refractivity contribution in [1.29, 1.82) is 0 Å². The van der Waals surface area contributed by atoms with E-state index in [-0.39, 0.29) is 5.91 Å². The molecule has 0 bridgehead atoms. The maximum absolute atomic E-state index is 13.6. The highest BCUT2D eigenvalue weighted by molar-refractivity contribution is 6.05. The number of carbonyl (C=O) groups excluding carboxylic acids is 1. The Balaban J connectivity index is 2.41. The number of aromatic nitrogens is 1. The number of rotatable bonds is 12. The van der Waals surface area contributed by atoms with Gasteiger partial charge in [0, 0.05) is 18.2 Å². The Morgan fingerprint density at radius 1 is 1.03 bits per heavy atom. The molecule has 1 N–H and O–H groups in total. The summed E-state index contributed by atoms with van der Waals surface area (Å²) in [5.74, 6) is 1.35. The van der Waals surface area contributed by atoms with E-state index in [1.165, 1.54) is 0 Å². The molecule has 0 atom stereocenters. The molecule has 0 aliphatic heterocycles. The first kappa shape index (κ1) is 24.1. The van der Waals surface area contributed by atoms with Crippen molar-refractivity contribution >= 4 is 22.5 Å². The Morgan fingerprint density at radius 3 is 2.30 bits per heavy atom. The Kier molecular flexibility index (Phi) is 9.09. The molecule has 0 aliphatic carbocycles. The summed E-state index contributed by atoms with van der Waals surface area (Å²) in [6.07, 6.45) is 4.92. The van der Waals surface area contributed by atoms with Gasteiger partial charge in [0.15, 0.2) is 0 Å². The normalized spacial score (nSPS) is 12.0. The molecule has 5 heteroatoms. The summed E-state index contributed by atoms with van der Waals surface area (Å²) in [7, 11) is 0. The van der Waals surface area contributed by atoms with E-state index >= 15 is 0 Å². The fourth-order valence-electron chi connectivity index (χ4n) is 3.89. The van der Waals surface area contributed by atoms with Gasteiger partial charge in [-0.25, -0.2) is 0 Å². The van der Waals surface area contributed by atoms with Gasteiger partial charge in [-0.2, -0.15) is 0 Å². The number of hydrogen-bond acceptors (Lipinski definition) is 4. The van der Waals surface area contributed by atoms with E-state index in [4.69, 9.17) is 9.47 Å². The number of nitrogens with zero attached hydrogens (tertiary/aromatic N) is 1. The van der Waals surface area contributed by atoms with Crippen LogP contribution in [0, 0.1) is 11.8 Å². The predicted octanol–water partition coefficient (Wildman–Crippen LogP) is 6.22. The van der Waals surface area contributed by atoms with E-state index in [2.05, 4.69) is 51.8 Å². The van der Waals surface area contributed by atoms with Crippen molar-refractivity contribution < 1.29 is 14.3 Å². The largest absolute Gasteiger partial charge is 0.491 e. The molecule has 0 radical (unpaired) electrons. The van der Waals surface area contributed by atoms with Crippen LogP contribution in [0.2, 0.25) is 0 Å². The van der Waals surface area contributed by atoms with E-state index in [0.717, 1.165) is 35.2 Å². The van der Waals surface area contributed by atoms with Gasteiger partial charge in [-0.1, -0.05) is 41.5 Å². The Bertz CT molecular complexity index is 807. The van der Waals surface area contributed by atoms with Crippen molar-refractivity contribution in [2.75, 3.05) is 18.5 Å². The van der Waals surface area contributed by atoms with Crippen molar-refractivity contribution in [3.8, 4) is 5.75 Å². The number of hydrogen-bond donors (Lipinski definition) is 1. The van der Waals surface area contributed by atoms with Crippen LogP contribution in [0.25, 0.3) is 10.9 Å². The average molecular weight is 415 g/mol. The molecule has 0 aliphatic rings. The number of amides is 1. The van der Waals surface area contributed by atoms with Gasteiger partial charge in [0.2, 0.25) is 0 Å².